The summed E-state index contributed by atoms with van der Waals surface area (Å²) in [6.45, 7) is 7.85. The lowest BCUT2D eigenvalue weighted by Crippen LogP contribution is -2.22. The molecule has 0 aliphatic carbocycles. The molecule has 3 aromatic rings. The first-order valence-corrected chi connectivity index (χ1v) is 10.4. The number of ether oxygens (including phenoxy) is 2. The summed E-state index contributed by atoms with van der Waals surface area (Å²) >= 11 is 0. The van der Waals surface area contributed by atoms with Crippen LogP contribution in [0.25, 0.3) is 0 Å². The van der Waals surface area contributed by atoms with E-state index in [2.05, 4.69) is 62.5 Å². The number of hydrogen-bond acceptors (Lipinski definition) is 3. The van der Waals surface area contributed by atoms with Crippen molar-refractivity contribution in [2.24, 2.45) is 0 Å². The summed E-state index contributed by atoms with van der Waals surface area (Å²) in [5.74, 6) is 2.32. The van der Waals surface area contributed by atoms with Crippen LogP contribution in [-0.4, -0.2) is 19.3 Å². The Labute approximate surface area is 174 Å². The molecule has 3 nitrogen and oxygen atoms in total. The Morgan fingerprint density at radius 3 is 2.28 bits per heavy atom. The fourth-order valence-electron chi connectivity index (χ4n) is 3.09. The third-order valence-electron chi connectivity index (χ3n) is 4.81. The van der Waals surface area contributed by atoms with E-state index in [1.54, 1.807) is 0 Å². The summed E-state index contributed by atoms with van der Waals surface area (Å²) in [6, 6.07) is 26.9. The molecule has 0 radical (unpaired) electrons. The SMILES string of the molecule is CC(CNc1cccc(OCCc2ccccc2)c1)Oc1ccc(C(C)C)cc1. The highest BCUT2D eigenvalue weighted by atomic mass is 16.5. The molecular formula is C26H31NO2. The molecule has 0 fully saturated rings. The predicted octanol–water partition coefficient (Wildman–Crippen LogP) is 6.31. The lowest BCUT2D eigenvalue weighted by atomic mass is 10.0. The molecule has 3 aromatic carbocycles. The van der Waals surface area contributed by atoms with E-state index in [4.69, 9.17) is 9.47 Å². The Morgan fingerprint density at radius 2 is 1.55 bits per heavy atom. The van der Waals surface area contributed by atoms with Gasteiger partial charge in [0.1, 0.15) is 17.6 Å². The summed E-state index contributed by atoms with van der Waals surface area (Å²) in [6.07, 6.45) is 0.960. The average molecular weight is 390 g/mol. The summed E-state index contributed by atoms with van der Waals surface area (Å²) in [4.78, 5) is 0. The third-order valence-corrected chi connectivity index (χ3v) is 4.81. The zero-order valence-electron chi connectivity index (χ0n) is 17.6. The molecule has 0 spiro atoms. The van der Waals surface area contributed by atoms with Crippen LogP contribution in [0.15, 0.2) is 78.9 Å². The summed E-state index contributed by atoms with van der Waals surface area (Å²) in [7, 11) is 0. The molecule has 3 rings (SSSR count). The van der Waals surface area contributed by atoms with Gasteiger partial charge < -0.3 is 14.8 Å². The third kappa shape index (κ3) is 6.86. The van der Waals surface area contributed by atoms with Gasteiger partial charge in [0.25, 0.3) is 0 Å². The van der Waals surface area contributed by atoms with E-state index in [9.17, 15) is 0 Å². The van der Waals surface area contributed by atoms with Crippen LogP contribution in [0.5, 0.6) is 11.5 Å². The van der Waals surface area contributed by atoms with Crippen LogP contribution < -0.4 is 14.8 Å². The first-order chi connectivity index (χ1) is 14.1. The molecular weight excluding hydrogens is 358 g/mol. The van der Waals surface area contributed by atoms with Gasteiger partial charge in [-0.1, -0.05) is 62.4 Å². The van der Waals surface area contributed by atoms with E-state index < -0.39 is 0 Å². The fraction of sp³-hybridized carbons (Fsp3) is 0.308. The number of hydrogen-bond donors (Lipinski definition) is 1. The molecule has 29 heavy (non-hydrogen) atoms. The summed E-state index contributed by atoms with van der Waals surface area (Å²) < 4.78 is 11.9. The highest BCUT2D eigenvalue weighted by molar-refractivity contribution is 5.48. The van der Waals surface area contributed by atoms with E-state index >= 15 is 0 Å². The van der Waals surface area contributed by atoms with E-state index in [1.165, 1.54) is 11.1 Å². The standard InChI is InChI=1S/C26H31NO2/c1-20(2)23-12-14-25(15-13-23)29-21(3)19-27-24-10-7-11-26(18-24)28-17-16-22-8-5-4-6-9-22/h4-15,18,20-21,27H,16-17,19H2,1-3H3. The maximum atomic E-state index is 6.02. The molecule has 0 aliphatic rings. The minimum Gasteiger partial charge on any atom is -0.493 e. The van der Waals surface area contributed by atoms with Crippen LogP contribution >= 0.6 is 0 Å². The normalized spacial score (nSPS) is 11.9. The molecule has 1 unspecified atom stereocenters. The van der Waals surface area contributed by atoms with E-state index in [-0.39, 0.29) is 6.10 Å². The second-order valence-electron chi connectivity index (χ2n) is 7.64. The second-order valence-corrected chi connectivity index (χ2v) is 7.64. The first kappa shape index (κ1) is 20.8. The van der Waals surface area contributed by atoms with Gasteiger partial charge >= 0.3 is 0 Å². The van der Waals surface area contributed by atoms with Gasteiger partial charge in [-0.3, -0.25) is 0 Å². The van der Waals surface area contributed by atoms with Crippen LogP contribution in [0.4, 0.5) is 5.69 Å². The molecule has 0 bridgehead atoms. The lowest BCUT2D eigenvalue weighted by Gasteiger charge is -2.17. The maximum Gasteiger partial charge on any atom is 0.121 e. The van der Waals surface area contributed by atoms with Crippen molar-refractivity contribution in [1.82, 2.24) is 0 Å². The van der Waals surface area contributed by atoms with Gasteiger partial charge in [0, 0.05) is 18.2 Å². The minimum atomic E-state index is 0.0579. The van der Waals surface area contributed by atoms with Crippen LogP contribution in [0.1, 0.15) is 37.8 Å². The zero-order valence-corrected chi connectivity index (χ0v) is 17.6. The molecule has 0 aromatic heterocycles. The smallest absolute Gasteiger partial charge is 0.121 e. The van der Waals surface area contributed by atoms with E-state index in [0.717, 1.165) is 30.2 Å². The molecule has 0 amide bonds. The van der Waals surface area contributed by atoms with Crippen molar-refractivity contribution in [3.05, 3.63) is 90.0 Å². The summed E-state index contributed by atoms with van der Waals surface area (Å²) in [5.41, 5.74) is 3.65. The van der Waals surface area contributed by atoms with Crippen molar-refractivity contribution in [2.45, 2.75) is 39.2 Å². The maximum absolute atomic E-state index is 6.02. The van der Waals surface area contributed by atoms with Crippen LogP contribution in [0.2, 0.25) is 0 Å². The van der Waals surface area contributed by atoms with Gasteiger partial charge in [0.15, 0.2) is 0 Å². The number of nitrogens with one attached hydrogen (secondary N) is 1. The van der Waals surface area contributed by atoms with Crippen molar-refractivity contribution in [2.75, 3.05) is 18.5 Å². The molecule has 0 saturated carbocycles. The molecule has 1 N–H and O–H groups in total. The molecule has 152 valence electrons. The number of benzene rings is 3. The average Bonchev–Trinajstić information content (AvgIpc) is 2.74. The van der Waals surface area contributed by atoms with Crippen molar-refractivity contribution in [1.29, 1.82) is 0 Å². The van der Waals surface area contributed by atoms with Crippen molar-refractivity contribution < 1.29 is 9.47 Å². The zero-order chi connectivity index (χ0) is 20.5. The number of anilines is 1. The molecule has 3 heteroatoms. The van der Waals surface area contributed by atoms with Crippen molar-refractivity contribution in [3.8, 4) is 11.5 Å². The molecule has 0 heterocycles. The Bertz CT molecular complexity index is 859. The van der Waals surface area contributed by atoms with Crippen LogP contribution in [0, 0.1) is 0 Å². The first-order valence-electron chi connectivity index (χ1n) is 10.4. The van der Waals surface area contributed by atoms with Gasteiger partial charge in [0.05, 0.1) is 13.2 Å². The van der Waals surface area contributed by atoms with E-state index in [1.807, 2.05) is 42.5 Å². The largest absolute Gasteiger partial charge is 0.493 e. The molecule has 1 atom stereocenters. The monoisotopic (exact) mass is 389 g/mol. The lowest BCUT2D eigenvalue weighted by molar-refractivity contribution is 0.234. The molecule has 0 aliphatic heterocycles. The fourth-order valence-corrected chi connectivity index (χ4v) is 3.09. The van der Waals surface area contributed by atoms with Crippen molar-refractivity contribution in [3.63, 3.8) is 0 Å². The highest BCUT2D eigenvalue weighted by Gasteiger charge is 2.06. The number of rotatable bonds is 10. The minimum absolute atomic E-state index is 0.0579. The van der Waals surface area contributed by atoms with Gasteiger partial charge in [0.2, 0.25) is 0 Å². The quantitative estimate of drug-likeness (QED) is 0.441. The molecule has 0 saturated heterocycles. The Kier molecular flexibility index (Phi) is 7.57. The summed E-state index contributed by atoms with van der Waals surface area (Å²) in [5, 5.41) is 3.44. The van der Waals surface area contributed by atoms with Gasteiger partial charge in [-0.2, -0.15) is 0 Å². The van der Waals surface area contributed by atoms with Crippen molar-refractivity contribution >= 4 is 5.69 Å². The predicted molar refractivity (Wildman–Crippen MR) is 121 cm³/mol. The van der Waals surface area contributed by atoms with Crippen LogP contribution in [-0.2, 0) is 6.42 Å². The second kappa shape index (κ2) is 10.6. The van der Waals surface area contributed by atoms with Gasteiger partial charge in [-0.25, -0.2) is 0 Å². The van der Waals surface area contributed by atoms with Gasteiger partial charge in [-0.15, -0.1) is 0 Å². The Balaban J connectivity index is 1.44. The Hall–Kier alpha value is -2.94. The Morgan fingerprint density at radius 1 is 0.793 bits per heavy atom. The van der Waals surface area contributed by atoms with Crippen LogP contribution in [0.3, 0.4) is 0 Å². The van der Waals surface area contributed by atoms with E-state index in [0.29, 0.717) is 12.5 Å². The van der Waals surface area contributed by atoms with Gasteiger partial charge in [-0.05, 0) is 48.2 Å². The highest BCUT2D eigenvalue weighted by Crippen LogP contribution is 2.20. The topological polar surface area (TPSA) is 30.5 Å².